The van der Waals surface area contributed by atoms with E-state index < -0.39 is 23.2 Å². The Labute approximate surface area is 222 Å². The Bertz CT molecular complexity index is 978. The Hall–Kier alpha value is -2.02. The monoisotopic (exact) mass is 539 g/mol. The molecule has 0 aromatic heterocycles. The van der Waals surface area contributed by atoms with Crippen molar-refractivity contribution in [1.29, 1.82) is 0 Å². The van der Waals surface area contributed by atoms with Gasteiger partial charge in [0, 0.05) is 6.54 Å². The van der Waals surface area contributed by atoms with Gasteiger partial charge in [0.2, 0.25) is 0 Å². The summed E-state index contributed by atoms with van der Waals surface area (Å²) in [5, 5.41) is 0. The summed E-state index contributed by atoms with van der Waals surface area (Å²) in [5.41, 5.74) is -2.39. The quantitative estimate of drug-likeness (QED) is 0.273. The summed E-state index contributed by atoms with van der Waals surface area (Å²) in [6, 6.07) is 14.5. The first kappa shape index (κ1) is 29.0. The molecule has 2 aliphatic rings. The topological polar surface area (TPSA) is 3.24 Å². The highest BCUT2D eigenvalue weighted by Crippen LogP contribution is 2.57. The van der Waals surface area contributed by atoms with Gasteiger partial charge in [-0.25, -0.2) is 0 Å². The third kappa shape index (κ3) is 5.64. The minimum Gasteiger partial charge on any atom is -0.303 e. The van der Waals surface area contributed by atoms with Crippen molar-refractivity contribution in [1.82, 2.24) is 4.90 Å². The summed E-state index contributed by atoms with van der Waals surface area (Å²) in [5.74, 6) is 0. The first-order valence-corrected chi connectivity index (χ1v) is 14.1. The molecule has 210 valence electrons. The van der Waals surface area contributed by atoms with Crippen LogP contribution in [0.15, 0.2) is 48.5 Å². The van der Waals surface area contributed by atoms with E-state index in [2.05, 4.69) is 17.0 Å². The summed E-state index contributed by atoms with van der Waals surface area (Å²) in [6.07, 6.45) is -5.84. The molecule has 4 rings (SSSR count). The van der Waals surface area contributed by atoms with Crippen molar-refractivity contribution in [3.8, 4) is 0 Å². The van der Waals surface area contributed by atoms with Crippen molar-refractivity contribution < 1.29 is 26.3 Å². The number of hydrogen-bond donors (Lipinski definition) is 0. The van der Waals surface area contributed by atoms with Crippen LogP contribution >= 0.6 is 0 Å². The zero-order valence-corrected chi connectivity index (χ0v) is 22.2. The lowest BCUT2D eigenvalue weighted by Gasteiger charge is -2.39. The molecule has 0 radical (unpaired) electrons. The summed E-state index contributed by atoms with van der Waals surface area (Å²) in [7, 11) is 0. The van der Waals surface area contributed by atoms with E-state index in [1.54, 1.807) is 0 Å². The second-order valence-corrected chi connectivity index (χ2v) is 11.2. The van der Waals surface area contributed by atoms with E-state index in [1.165, 1.54) is 23.8 Å². The van der Waals surface area contributed by atoms with Gasteiger partial charge in [0.05, 0.1) is 10.8 Å². The third-order valence-electron chi connectivity index (χ3n) is 9.11. The first-order valence-electron chi connectivity index (χ1n) is 14.1. The average molecular weight is 540 g/mol. The lowest BCUT2D eigenvalue weighted by atomic mass is 9.69. The number of halogens is 6. The fourth-order valence-electron chi connectivity index (χ4n) is 6.96. The van der Waals surface area contributed by atoms with E-state index >= 15 is 0 Å². The van der Waals surface area contributed by atoms with E-state index in [4.69, 9.17) is 0 Å². The van der Waals surface area contributed by atoms with Gasteiger partial charge in [-0.2, -0.15) is 26.3 Å². The van der Waals surface area contributed by atoms with E-state index in [9.17, 15) is 26.3 Å². The predicted molar refractivity (Wildman–Crippen MR) is 139 cm³/mol. The number of rotatable bonds is 10. The van der Waals surface area contributed by atoms with Crippen LogP contribution in [0.4, 0.5) is 26.3 Å². The summed E-state index contributed by atoms with van der Waals surface area (Å²) in [4.78, 5) is 2.24. The van der Waals surface area contributed by atoms with E-state index in [0.717, 1.165) is 19.5 Å². The van der Waals surface area contributed by atoms with Crippen LogP contribution in [-0.4, -0.2) is 36.9 Å². The molecule has 0 atom stereocenters. The Morgan fingerprint density at radius 1 is 0.658 bits per heavy atom. The molecule has 0 spiro atoms. The van der Waals surface area contributed by atoms with Crippen LogP contribution < -0.4 is 0 Å². The van der Waals surface area contributed by atoms with Gasteiger partial charge < -0.3 is 4.90 Å². The van der Waals surface area contributed by atoms with Gasteiger partial charge in [0.1, 0.15) is 0 Å². The molecule has 2 saturated carbocycles. The predicted octanol–water partition coefficient (Wildman–Crippen LogP) is 8.93. The minimum absolute atomic E-state index is 0.0515. The number of alkyl halides is 6. The Morgan fingerprint density at radius 2 is 1.16 bits per heavy atom. The lowest BCUT2D eigenvalue weighted by Crippen LogP contribution is -2.44. The molecule has 7 heteroatoms. The highest BCUT2D eigenvalue weighted by molar-refractivity contribution is 5.47. The summed E-state index contributed by atoms with van der Waals surface area (Å²) < 4.78 is 87.9. The SMILES string of the molecule is CCN(CCCc1c(C2(C(F)(F)F)CCCC2)cccc1C1(C(F)(F)F)CCCC1)CCc1ccccc1. The minimum atomic E-state index is -4.50. The zero-order valence-electron chi connectivity index (χ0n) is 22.2. The van der Waals surface area contributed by atoms with E-state index in [0.29, 0.717) is 44.2 Å². The maximum Gasteiger partial charge on any atom is 0.398 e. The standard InChI is InChI=1S/C31H39F6N/c1-2-38(23-17-24-12-4-3-5-13-24)22-11-14-25-26(28(30(32,33)34)18-6-7-19-28)15-10-16-27(25)29(31(35,36)37)20-8-9-21-29/h3-5,10,12-13,15-16H,2,6-9,11,14,17-23H2,1H3. The van der Waals surface area contributed by atoms with Gasteiger partial charge in [0.15, 0.2) is 0 Å². The van der Waals surface area contributed by atoms with Gasteiger partial charge in [-0.3, -0.25) is 0 Å². The molecule has 0 heterocycles. The van der Waals surface area contributed by atoms with Crippen LogP contribution in [0.3, 0.4) is 0 Å². The van der Waals surface area contributed by atoms with Gasteiger partial charge in [-0.15, -0.1) is 0 Å². The normalized spacial score (nSPS) is 19.4. The van der Waals surface area contributed by atoms with Crippen LogP contribution in [0.1, 0.15) is 87.0 Å². The molecule has 2 aliphatic carbocycles. The highest BCUT2D eigenvalue weighted by atomic mass is 19.4. The molecule has 0 N–H and O–H groups in total. The molecule has 0 saturated heterocycles. The number of likely N-dealkylation sites (N-methyl/N-ethyl adjacent to an activating group) is 1. The lowest BCUT2D eigenvalue weighted by molar-refractivity contribution is -0.191. The second kappa shape index (κ2) is 11.6. The smallest absolute Gasteiger partial charge is 0.303 e. The van der Waals surface area contributed by atoms with Crippen molar-refractivity contribution in [2.45, 2.75) is 101 Å². The zero-order chi connectivity index (χ0) is 27.4. The van der Waals surface area contributed by atoms with Crippen molar-refractivity contribution in [2.24, 2.45) is 0 Å². The molecular weight excluding hydrogens is 500 g/mol. The molecular formula is C31H39F6N. The van der Waals surface area contributed by atoms with Crippen LogP contribution in [0.2, 0.25) is 0 Å². The van der Waals surface area contributed by atoms with Crippen LogP contribution in [0.5, 0.6) is 0 Å². The molecule has 2 aromatic rings. The Kier molecular flexibility index (Phi) is 8.85. The molecule has 0 bridgehead atoms. The van der Waals surface area contributed by atoms with Crippen molar-refractivity contribution >= 4 is 0 Å². The molecule has 0 unspecified atom stereocenters. The van der Waals surface area contributed by atoms with Gasteiger partial charge in [-0.1, -0.05) is 81.1 Å². The van der Waals surface area contributed by atoms with Gasteiger partial charge >= 0.3 is 12.4 Å². The fraction of sp³-hybridized carbons (Fsp3) is 0.613. The largest absolute Gasteiger partial charge is 0.398 e. The van der Waals surface area contributed by atoms with Crippen LogP contribution in [-0.2, 0) is 23.7 Å². The maximum absolute atomic E-state index is 14.7. The van der Waals surface area contributed by atoms with E-state index in [1.807, 2.05) is 25.1 Å². The molecule has 0 aliphatic heterocycles. The third-order valence-corrected chi connectivity index (χ3v) is 9.11. The summed E-state index contributed by atoms with van der Waals surface area (Å²) in [6.45, 7) is 4.25. The number of benzene rings is 2. The molecule has 2 aromatic carbocycles. The van der Waals surface area contributed by atoms with E-state index in [-0.39, 0.29) is 43.2 Å². The molecule has 0 amide bonds. The number of nitrogens with zero attached hydrogens (tertiary/aromatic N) is 1. The molecule has 2 fully saturated rings. The number of hydrogen-bond acceptors (Lipinski definition) is 1. The van der Waals surface area contributed by atoms with Gasteiger partial charge in [0.25, 0.3) is 0 Å². The summed E-state index contributed by atoms with van der Waals surface area (Å²) >= 11 is 0. The average Bonchev–Trinajstić information content (AvgIpc) is 3.58. The fourth-order valence-corrected chi connectivity index (χ4v) is 6.96. The Balaban J connectivity index is 1.66. The molecule has 1 nitrogen and oxygen atoms in total. The Morgan fingerprint density at radius 3 is 1.61 bits per heavy atom. The molecule has 38 heavy (non-hydrogen) atoms. The first-order chi connectivity index (χ1) is 18.0. The van der Waals surface area contributed by atoms with Gasteiger partial charge in [-0.05, 0) is 80.3 Å². The van der Waals surface area contributed by atoms with Crippen molar-refractivity contribution in [2.75, 3.05) is 19.6 Å². The van der Waals surface area contributed by atoms with Crippen LogP contribution in [0, 0.1) is 0 Å². The highest BCUT2D eigenvalue weighted by Gasteiger charge is 2.60. The van der Waals surface area contributed by atoms with Crippen LogP contribution in [0.25, 0.3) is 0 Å². The maximum atomic E-state index is 14.7. The second-order valence-electron chi connectivity index (χ2n) is 11.2. The van der Waals surface area contributed by atoms with Crippen molar-refractivity contribution in [3.63, 3.8) is 0 Å². The van der Waals surface area contributed by atoms with Crippen molar-refractivity contribution in [3.05, 3.63) is 70.8 Å².